The quantitative estimate of drug-likeness (QED) is 0.365. The van der Waals surface area contributed by atoms with Gasteiger partial charge in [-0.15, -0.1) is 11.3 Å². The van der Waals surface area contributed by atoms with Gasteiger partial charge in [0.1, 0.15) is 4.34 Å². The molecule has 6 heteroatoms. The Balaban J connectivity index is 2.55. The Morgan fingerprint density at radius 3 is 2.80 bits per heavy atom. The van der Waals surface area contributed by atoms with Gasteiger partial charge in [-0.3, -0.25) is 10.2 Å². The molecule has 0 aliphatic rings. The van der Waals surface area contributed by atoms with Crippen LogP contribution in [-0.4, -0.2) is 16.1 Å². The molecule has 0 saturated heterocycles. The second kappa shape index (κ2) is 5.48. The van der Waals surface area contributed by atoms with Crippen molar-refractivity contribution >= 4 is 29.0 Å². The fourth-order valence-electron chi connectivity index (χ4n) is 0.992. The fraction of sp³-hybridized carbons (Fsp3) is 0.556. The second-order valence-corrected chi connectivity index (χ2v) is 5.86. The van der Waals surface area contributed by atoms with Crippen molar-refractivity contribution in [3.05, 3.63) is 11.1 Å². The maximum Gasteiger partial charge on any atom is 0.237 e. The van der Waals surface area contributed by atoms with Crippen molar-refractivity contribution in [3.8, 4) is 0 Å². The number of hydrogen-bond acceptors (Lipinski definition) is 5. The molecule has 1 amide bonds. The van der Waals surface area contributed by atoms with Crippen LogP contribution in [0.2, 0.25) is 0 Å². The maximum absolute atomic E-state index is 11.3. The minimum absolute atomic E-state index is 0.121. The van der Waals surface area contributed by atoms with Gasteiger partial charge in [-0.1, -0.05) is 25.6 Å². The molecule has 1 heterocycles. The molecule has 1 rings (SSSR count). The van der Waals surface area contributed by atoms with E-state index < -0.39 is 0 Å². The summed E-state index contributed by atoms with van der Waals surface area (Å²) in [7, 11) is 0. The zero-order valence-corrected chi connectivity index (χ0v) is 10.6. The topological polar surface area (TPSA) is 68.0 Å². The van der Waals surface area contributed by atoms with Crippen molar-refractivity contribution in [1.82, 2.24) is 10.4 Å². The number of nitrogens with one attached hydrogen (secondary N) is 1. The molecule has 2 unspecified atom stereocenters. The molecule has 4 nitrogen and oxygen atoms in total. The minimum Gasteiger partial charge on any atom is -0.294 e. The highest BCUT2D eigenvalue weighted by molar-refractivity contribution is 8.01. The van der Waals surface area contributed by atoms with Crippen molar-refractivity contribution in [1.29, 1.82) is 0 Å². The lowest BCUT2D eigenvalue weighted by Gasteiger charge is -2.16. The van der Waals surface area contributed by atoms with E-state index >= 15 is 0 Å². The number of nitrogens with two attached hydrogens (primary N) is 1. The van der Waals surface area contributed by atoms with Crippen LogP contribution >= 0.6 is 23.1 Å². The molecule has 0 aliphatic heterocycles. The van der Waals surface area contributed by atoms with Crippen molar-refractivity contribution in [2.75, 3.05) is 0 Å². The number of nitrogens with zero attached hydrogens (tertiary/aromatic N) is 1. The van der Waals surface area contributed by atoms with Crippen molar-refractivity contribution in [3.63, 3.8) is 0 Å². The van der Waals surface area contributed by atoms with Gasteiger partial charge >= 0.3 is 0 Å². The van der Waals surface area contributed by atoms with E-state index in [0.29, 0.717) is 0 Å². The van der Waals surface area contributed by atoms with E-state index in [-0.39, 0.29) is 17.1 Å². The Bertz CT molecular complexity index is 340. The molecule has 0 spiro atoms. The molecule has 0 radical (unpaired) electrons. The highest BCUT2D eigenvalue weighted by Crippen LogP contribution is 2.30. The molecule has 0 aliphatic carbocycles. The summed E-state index contributed by atoms with van der Waals surface area (Å²) in [4.78, 5) is 15.6. The van der Waals surface area contributed by atoms with Gasteiger partial charge in [0, 0.05) is 22.2 Å². The number of aromatic nitrogens is 1. The lowest BCUT2D eigenvalue weighted by Crippen LogP contribution is -2.38. The van der Waals surface area contributed by atoms with E-state index in [1.807, 2.05) is 26.2 Å². The first kappa shape index (κ1) is 12.5. The third-order valence-corrected chi connectivity index (χ3v) is 4.55. The summed E-state index contributed by atoms with van der Waals surface area (Å²) < 4.78 is 0.997. The molecule has 0 fully saturated rings. The van der Waals surface area contributed by atoms with Gasteiger partial charge < -0.3 is 0 Å². The first-order chi connectivity index (χ1) is 7.04. The van der Waals surface area contributed by atoms with Crippen LogP contribution in [0.3, 0.4) is 0 Å². The number of hydrogen-bond donors (Lipinski definition) is 2. The minimum atomic E-state index is -0.136. The molecule has 1 aromatic rings. The summed E-state index contributed by atoms with van der Waals surface area (Å²) in [5.41, 5.74) is 3.19. The first-order valence-corrected chi connectivity index (χ1v) is 6.39. The monoisotopic (exact) mass is 245 g/mol. The van der Waals surface area contributed by atoms with Gasteiger partial charge in [0.15, 0.2) is 0 Å². The smallest absolute Gasteiger partial charge is 0.237 e. The Labute approximate surface area is 97.6 Å². The average Bonchev–Trinajstić information content (AvgIpc) is 2.61. The number of carbonyl (C=O) groups excluding carboxylic acids is 1. The van der Waals surface area contributed by atoms with Gasteiger partial charge in [0.05, 0.1) is 0 Å². The summed E-state index contributed by atoms with van der Waals surface area (Å²) in [6, 6.07) is 0. The molecular weight excluding hydrogens is 230 g/mol. The highest BCUT2D eigenvalue weighted by Gasteiger charge is 2.21. The number of thiazole rings is 1. The van der Waals surface area contributed by atoms with Gasteiger partial charge in [-0.05, 0) is 6.92 Å². The number of aryl methyl sites for hydroxylation is 1. The Morgan fingerprint density at radius 1 is 1.67 bits per heavy atom. The first-order valence-electron chi connectivity index (χ1n) is 4.64. The summed E-state index contributed by atoms with van der Waals surface area (Å²) >= 11 is 3.21. The number of thioether (sulfide) groups is 1. The predicted octanol–water partition coefficient (Wildman–Crippen LogP) is 1.56. The van der Waals surface area contributed by atoms with Crippen LogP contribution in [0, 0.1) is 12.8 Å². The predicted molar refractivity (Wildman–Crippen MR) is 63.7 cm³/mol. The van der Waals surface area contributed by atoms with Gasteiger partial charge in [0.25, 0.3) is 0 Å². The summed E-state index contributed by atoms with van der Waals surface area (Å²) in [5.74, 6) is 4.83. The summed E-state index contributed by atoms with van der Waals surface area (Å²) in [5, 5.41) is 2.17. The average molecular weight is 245 g/mol. The second-order valence-electron chi connectivity index (χ2n) is 3.38. The Morgan fingerprint density at radius 2 is 2.33 bits per heavy atom. The summed E-state index contributed by atoms with van der Waals surface area (Å²) in [6.45, 7) is 5.82. The van der Waals surface area contributed by atoms with E-state index in [2.05, 4.69) is 10.4 Å². The Kier molecular flexibility index (Phi) is 4.56. The largest absolute Gasteiger partial charge is 0.294 e. The van der Waals surface area contributed by atoms with Crippen molar-refractivity contribution < 1.29 is 4.79 Å². The number of hydrazine groups is 1. The third kappa shape index (κ3) is 3.48. The van der Waals surface area contributed by atoms with Crippen molar-refractivity contribution in [2.45, 2.75) is 30.4 Å². The van der Waals surface area contributed by atoms with Crippen LogP contribution in [0.1, 0.15) is 19.5 Å². The van der Waals surface area contributed by atoms with E-state index in [9.17, 15) is 4.79 Å². The fourth-order valence-corrected chi connectivity index (χ4v) is 3.18. The van der Waals surface area contributed by atoms with E-state index in [4.69, 9.17) is 5.84 Å². The SMILES string of the molecule is Cc1csc(SC(C)C(C)C(=O)NN)n1. The van der Waals surface area contributed by atoms with Crippen LogP contribution in [0.25, 0.3) is 0 Å². The van der Waals surface area contributed by atoms with Crippen LogP contribution in [0.4, 0.5) is 0 Å². The molecule has 84 valence electrons. The maximum atomic E-state index is 11.3. The summed E-state index contributed by atoms with van der Waals surface area (Å²) in [6.07, 6.45) is 0. The molecule has 3 N–H and O–H groups in total. The molecule has 1 aromatic heterocycles. The Hall–Kier alpha value is -0.590. The number of rotatable bonds is 4. The van der Waals surface area contributed by atoms with E-state index in [1.54, 1.807) is 23.1 Å². The molecule has 15 heavy (non-hydrogen) atoms. The molecular formula is C9H15N3OS2. The highest BCUT2D eigenvalue weighted by atomic mass is 32.2. The van der Waals surface area contributed by atoms with Gasteiger partial charge in [0.2, 0.25) is 5.91 Å². The lowest BCUT2D eigenvalue weighted by atomic mass is 10.1. The van der Waals surface area contributed by atoms with E-state index in [0.717, 1.165) is 10.0 Å². The molecule has 0 bridgehead atoms. The van der Waals surface area contributed by atoms with Crippen LogP contribution in [-0.2, 0) is 4.79 Å². The zero-order chi connectivity index (χ0) is 11.4. The lowest BCUT2D eigenvalue weighted by molar-refractivity contribution is -0.124. The van der Waals surface area contributed by atoms with Crippen LogP contribution in [0.15, 0.2) is 9.72 Å². The van der Waals surface area contributed by atoms with Crippen LogP contribution < -0.4 is 11.3 Å². The number of carbonyl (C=O) groups is 1. The number of amides is 1. The normalized spacial score (nSPS) is 14.7. The van der Waals surface area contributed by atoms with Gasteiger partial charge in [-0.25, -0.2) is 10.8 Å². The molecule has 0 aromatic carbocycles. The van der Waals surface area contributed by atoms with Crippen LogP contribution in [0.5, 0.6) is 0 Å². The zero-order valence-electron chi connectivity index (χ0n) is 8.98. The van der Waals surface area contributed by atoms with Gasteiger partial charge in [-0.2, -0.15) is 0 Å². The van der Waals surface area contributed by atoms with E-state index in [1.165, 1.54) is 0 Å². The molecule has 0 saturated carbocycles. The van der Waals surface area contributed by atoms with Crippen molar-refractivity contribution in [2.24, 2.45) is 11.8 Å². The third-order valence-electron chi connectivity index (χ3n) is 2.14. The standard InChI is InChI=1S/C9H15N3OS2/c1-5-4-14-9(11-5)15-7(3)6(2)8(13)12-10/h4,6-7H,10H2,1-3H3,(H,12,13). The molecule has 2 atom stereocenters.